The van der Waals surface area contributed by atoms with E-state index in [1.165, 1.54) is 4.90 Å². The fourth-order valence-corrected chi connectivity index (χ4v) is 3.08. The second kappa shape index (κ2) is 10.4. The maximum Gasteiger partial charge on any atom is 0.410 e. The molecule has 0 aliphatic carbocycles. The normalized spacial score (nSPS) is 17.2. The molecule has 0 saturated carbocycles. The van der Waals surface area contributed by atoms with Gasteiger partial charge in [0.15, 0.2) is 0 Å². The lowest BCUT2D eigenvalue weighted by Crippen LogP contribution is -2.52. The van der Waals surface area contributed by atoms with Gasteiger partial charge in [0, 0.05) is 6.54 Å². The molecule has 7 nitrogen and oxygen atoms in total. The number of benzene rings is 1. The number of likely N-dealkylation sites (tertiary alicyclic amines) is 1. The van der Waals surface area contributed by atoms with E-state index in [4.69, 9.17) is 10.5 Å². The number of primary amides is 1. The van der Waals surface area contributed by atoms with Crippen molar-refractivity contribution in [3.8, 4) is 0 Å². The van der Waals surface area contributed by atoms with E-state index in [0.717, 1.165) is 12.0 Å². The highest BCUT2D eigenvalue weighted by atomic mass is 16.6. The van der Waals surface area contributed by atoms with E-state index >= 15 is 0 Å². The Bertz CT molecular complexity index is 662. The summed E-state index contributed by atoms with van der Waals surface area (Å²) < 4.78 is 5.33. The van der Waals surface area contributed by atoms with Crippen LogP contribution in [0.3, 0.4) is 0 Å². The zero-order valence-corrected chi connectivity index (χ0v) is 15.4. The standard InChI is InChI=1S/C20H27N3O4/c1-2-3-5-11-16(18(21)24)22-19(25)17-12-8-13-23(17)20(26)27-14-15-9-6-4-7-10-15/h2,4,6-7,9-10,16-17H,1,3,5,8,11-14H2,(H2,21,24)(H,22,25)/t16-,17-/m1/s1. The molecule has 1 heterocycles. The summed E-state index contributed by atoms with van der Waals surface area (Å²) in [6.07, 6.45) is 4.34. The Balaban J connectivity index is 1.90. The molecule has 1 saturated heterocycles. The highest BCUT2D eigenvalue weighted by Gasteiger charge is 2.36. The number of allylic oxidation sites excluding steroid dienone is 1. The molecule has 0 radical (unpaired) electrons. The smallest absolute Gasteiger partial charge is 0.410 e. The molecule has 0 spiro atoms. The molecule has 0 unspecified atom stereocenters. The van der Waals surface area contributed by atoms with Crippen LogP contribution in [0.15, 0.2) is 43.0 Å². The Morgan fingerprint density at radius 2 is 2.07 bits per heavy atom. The van der Waals surface area contributed by atoms with Crippen molar-refractivity contribution >= 4 is 17.9 Å². The number of hydrogen-bond donors (Lipinski definition) is 2. The van der Waals surface area contributed by atoms with Gasteiger partial charge in [0.05, 0.1) is 0 Å². The minimum Gasteiger partial charge on any atom is -0.445 e. The first-order valence-corrected chi connectivity index (χ1v) is 9.21. The summed E-state index contributed by atoms with van der Waals surface area (Å²) in [5, 5.41) is 2.68. The number of unbranched alkanes of at least 4 members (excludes halogenated alkanes) is 1. The number of nitrogens with zero attached hydrogens (tertiary/aromatic N) is 1. The van der Waals surface area contributed by atoms with Gasteiger partial charge in [-0.15, -0.1) is 6.58 Å². The monoisotopic (exact) mass is 373 g/mol. The lowest BCUT2D eigenvalue weighted by Gasteiger charge is -2.25. The van der Waals surface area contributed by atoms with Crippen LogP contribution < -0.4 is 11.1 Å². The van der Waals surface area contributed by atoms with Gasteiger partial charge in [0.25, 0.3) is 0 Å². The molecule has 3 N–H and O–H groups in total. The van der Waals surface area contributed by atoms with Gasteiger partial charge in [0.1, 0.15) is 18.7 Å². The van der Waals surface area contributed by atoms with Crippen molar-refractivity contribution in [2.45, 2.75) is 50.8 Å². The summed E-state index contributed by atoms with van der Waals surface area (Å²) in [5.41, 5.74) is 6.26. The zero-order chi connectivity index (χ0) is 19.6. The van der Waals surface area contributed by atoms with Gasteiger partial charge in [-0.05, 0) is 37.7 Å². The van der Waals surface area contributed by atoms with Crippen molar-refractivity contribution < 1.29 is 19.1 Å². The fourth-order valence-electron chi connectivity index (χ4n) is 3.08. The number of carbonyl (C=O) groups is 3. The Morgan fingerprint density at radius 1 is 1.33 bits per heavy atom. The van der Waals surface area contributed by atoms with Crippen molar-refractivity contribution in [3.63, 3.8) is 0 Å². The molecule has 1 aromatic carbocycles. The van der Waals surface area contributed by atoms with Crippen molar-refractivity contribution in [2.24, 2.45) is 5.73 Å². The van der Waals surface area contributed by atoms with E-state index in [2.05, 4.69) is 11.9 Å². The van der Waals surface area contributed by atoms with Crippen LogP contribution in [-0.2, 0) is 20.9 Å². The molecular formula is C20H27N3O4. The van der Waals surface area contributed by atoms with Gasteiger partial charge < -0.3 is 15.8 Å². The van der Waals surface area contributed by atoms with Crippen LogP contribution >= 0.6 is 0 Å². The molecule has 27 heavy (non-hydrogen) atoms. The number of carbonyl (C=O) groups excluding carboxylic acids is 3. The highest BCUT2D eigenvalue weighted by molar-refractivity contribution is 5.91. The van der Waals surface area contributed by atoms with Crippen molar-refractivity contribution in [1.82, 2.24) is 10.2 Å². The first kappa shape index (κ1) is 20.5. The van der Waals surface area contributed by atoms with E-state index in [-0.39, 0.29) is 12.5 Å². The third-order valence-corrected chi connectivity index (χ3v) is 4.56. The van der Waals surface area contributed by atoms with Crippen molar-refractivity contribution in [2.75, 3.05) is 6.54 Å². The molecule has 1 aromatic rings. The molecule has 7 heteroatoms. The predicted molar refractivity (Wildman–Crippen MR) is 102 cm³/mol. The highest BCUT2D eigenvalue weighted by Crippen LogP contribution is 2.19. The van der Waals surface area contributed by atoms with Crippen LogP contribution in [-0.4, -0.2) is 41.4 Å². The summed E-state index contributed by atoms with van der Waals surface area (Å²) in [4.78, 5) is 38.0. The topological polar surface area (TPSA) is 102 Å². The summed E-state index contributed by atoms with van der Waals surface area (Å²) in [6.45, 7) is 4.23. The molecule has 3 amide bonds. The van der Waals surface area contributed by atoms with Crippen LogP contribution in [0.1, 0.15) is 37.7 Å². The first-order chi connectivity index (χ1) is 13.0. The molecule has 1 aliphatic heterocycles. The largest absolute Gasteiger partial charge is 0.445 e. The third-order valence-electron chi connectivity index (χ3n) is 4.56. The van der Waals surface area contributed by atoms with Crippen LogP contribution in [0.5, 0.6) is 0 Å². The second-order valence-corrected chi connectivity index (χ2v) is 6.57. The number of hydrogen-bond acceptors (Lipinski definition) is 4. The van der Waals surface area contributed by atoms with E-state index in [0.29, 0.717) is 32.2 Å². The lowest BCUT2D eigenvalue weighted by atomic mass is 10.1. The average Bonchev–Trinajstić information content (AvgIpc) is 3.16. The average molecular weight is 373 g/mol. The van der Waals surface area contributed by atoms with E-state index in [9.17, 15) is 14.4 Å². The van der Waals surface area contributed by atoms with E-state index < -0.39 is 24.1 Å². The minimum absolute atomic E-state index is 0.149. The van der Waals surface area contributed by atoms with E-state index in [1.807, 2.05) is 30.3 Å². The molecule has 0 aromatic heterocycles. The van der Waals surface area contributed by atoms with Gasteiger partial charge >= 0.3 is 6.09 Å². The second-order valence-electron chi connectivity index (χ2n) is 6.57. The SMILES string of the molecule is C=CCCC[C@@H](NC(=O)[C@H]1CCCN1C(=O)OCc1ccccc1)C(N)=O. The molecule has 146 valence electrons. The van der Waals surface area contributed by atoms with Crippen LogP contribution in [0.2, 0.25) is 0 Å². The Kier molecular flexibility index (Phi) is 7.85. The predicted octanol–water partition coefficient (Wildman–Crippen LogP) is 2.11. The summed E-state index contributed by atoms with van der Waals surface area (Å²) in [5.74, 6) is -0.949. The molecule has 2 atom stereocenters. The quantitative estimate of drug-likeness (QED) is 0.511. The Labute approximate surface area is 159 Å². The van der Waals surface area contributed by atoms with Crippen LogP contribution in [0.4, 0.5) is 4.79 Å². The third kappa shape index (κ3) is 6.13. The summed E-state index contributed by atoms with van der Waals surface area (Å²) >= 11 is 0. The van der Waals surface area contributed by atoms with Gasteiger partial charge in [-0.25, -0.2) is 4.79 Å². The van der Waals surface area contributed by atoms with Crippen molar-refractivity contribution in [1.29, 1.82) is 0 Å². The fraction of sp³-hybridized carbons (Fsp3) is 0.450. The summed E-state index contributed by atoms with van der Waals surface area (Å²) in [7, 11) is 0. The van der Waals surface area contributed by atoms with Crippen molar-refractivity contribution in [3.05, 3.63) is 48.6 Å². The maximum atomic E-state index is 12.6. The van der Waals surface area contributed by atoms with Gasteiger partial charge in [-0.2, -0.15) is 0 Å². The van der Waals surface area contributed by atoms with Crippen LogP contribution in [0.25, 0.3) is 0 Å². The number of nitrogens with two attached hydrogens (primary N) is 1. The Hall–Kier alpha value is -2.83. The number of nitrogens with one attached hydrogen (secondary N) is 1. The molecule has 2 rings (SSSR count). The van der Waals surface area contributed by atoms with Gasteiger partial charge in [0.2, 0.25) is 11.8 Å². The molecular weight excluding hydrogens is 346 g/mol. The first-order valence-electron chi connectivity index (χ1n) is 9.21. The van der Waals surface area contributed by atoms with E-state index in [1.54, 1.807) is 6.08 Å². The molecule has 1 aliphatic rings. The lowest BCUT2D eigenvalue weighted by molar-refractivity contribution is -0.130. The molecule has 0 bridgehead atoms. The van der Waals surface area contributed by atoms with Gasteiger partial charge in [-0.3, -0.25) is 14.5 Å². The van der Waals surface area contributed by atoms with Crippen LogP contribution in [0, 0.1) is 0 Å². The Morgan fingerprint density at radius 3 is 2.74 bits per heavy atom. The summed E-state index contributed by atoms with van der Waals surface area (Å²) in [6, 6.07) is 7.95. The minimum atomic E-state index is -0.750. The number of ether oxygens (including phenoxy) is 1. The zero-order valence-electron chi connectivity index (χ0n) is 15.4. The van der Waals surface area contributed by atoms with Gasteiger partial charge in [-0.1, -0.05) is 36.4 Å². The maximum absolute atomic E-state index is 12.6. The molecule has 1 fully saturated rings. The number of amides is 3. The number of rotatable bonds is 9.